The average Bonchev–Trinajstić information content (AvgIpc) is 2.87. The Kier molecular flexibility index (Phi) is 6.17. The molecule has 0 atom stereocenters. The lowest BCUT2D eigenvalue weighted by Gasteiger charge is -2.34. The van der Waals surface area contributed by atoms with Crippen LogP contribution in [0.4, 0.5) is 10.6 Å². The number of hydrogen-bond acceptors (Lipinski definition) is 6. The van der Waals surface area contributed by atoms with Crippen molar-refractivity contribution >= 4 is 22.6 Å². The number of nitrogens with zero attached hydrogens (tertiary/aromatic N) is 3. The summed E-state index contributed by atoms with van der Waals surface area (Å²) < 4.78 is 16.6. The molecular weight excluding hydrogens is 420 g/mol. The van der Waals surface area contributed by atoms with Crippen LogP contribution in [0.1, 0.15) is 5.56 Å². The van der Waals surface area contributed by atoms with Crippen molar-refractivity contribution in [2.45, 2.75) is 6.42 Å². The lowest BCUT2D eigenvalue weighted by atomic mass is 10.1. The predicted octanol–water partition coefficient (Wildman–Crippen LogP) is 3.41. The molecule has 2 aromatic carbocycles. The van der Waals surface area contributed by atoms with Crippen molar-refractivity contribution in [2.75, 3.05) is 58.4 Å². The highest BCUT2D eigenvalue weighted by Crippen LogP contribution is 2.31. The Hall–Kier alpha value is -3.52. The fourth-order valence-corrected chi connectivity index (χ4v) is 4.26. The lowest BCUT2D eigenvalue weighted by Crippen LogP contribution is -2.50. The van der Waals surface area contributed by atoms with Crippen molar-refractivity contribution in [3.8, 4) is 17.2 Å². The minimum Gasteiger partial charge on any atom is -0.497 e. The van der Waals surface area contributed by atoms with Gasteiger partial charge in [0.15, 0.2) is 11.5 Å². The highest BCUT2D eigenvalue weighted by atomic mass is 16.6. The number of pyridine rings is 1. The number of urea groups is 1. The van der Waals surface area contributed by atoms with E-state index in [4.69, 9.17) is 14.2 Å². The molecule has 2 aliphatic rings. The largest absolute Gasteiger partial charge is 0.497 e. The van der Waals surface area contributed by atoms with Crippen LogP contribution in [-0.4, -0.2) is 73.9 Å². The van der Waals surface area contributed by atoms with E-state index in [1.165, 1.54) is 5.56 Å². The molecule has 8 heteroatoms. The topological polar surface area (TPSA) is 76.2 Å². The zero-order chi connectivity index (χ0) is 22.6. The predicted molar refractivity (Wildman–Crippen MR) is 126 cm³/mol. The van der Waals surface area contributed by atoms with Gasteiger partial charge in [0.1, 0.15) is 24.8 Å². The van der Waals surface area contributed by atoms with E-state index >= 15 is 0 Å². The molecule has 0 bridgehead atoms. The van der Waals surface area contributed by atoms with E-state index < -0.39 is 0 Å². The van der Waals surface area contributed by atoms with Crippen LogP contribution in [0, 0.1) is 0 Å². The number of amides is 2. The third-order valence-electron chi connectivity index (χ3n) is 6.18. The molecule has 172 valence electrons. The van der Waals surface area contributed by atoms with E-state index in [1.54, 1.807) is 13.3 Å². The second kappa shape index (κ2) is 9.54. The molecule has 0 radical (unpaired) electrons. The summed E-state index contributed by atoms with van der Waals surface area (Å²) in [6.07, 6.45) is 2.64. The Balaban J connectivity index is 1.14. The molecule has 1 aromatic heterocycles. The number of ether oxygens (including phenoxy) is 3. The standard InChI is InChI=1S/C25H28N4O4/c1-31-20-4-3-19-6-8-26-24(21(19)17-20)27-25(30)29-12-10-28(11-13-29)9-7-18-2-5-22-23(16-18)33-15-14-32-22/h2-6,8,16-17H,7,9-15H2,1H3,(H,26,27,30). The number of aromatic nitrogens is 1. The first-order valence-corrected chi connectivity index (χ1v) is 11.3. The molecule has 2 aliphatic heterocycles. The molecule has 33 heavy (non-hydrogen) atoms. The van der Waals surface area contributed by atoms with E-state index in [-0.39, 0.29) is 6.03 Å². The van der Waals surface area contributed by atoms with Crippen LogP contribution >= 0.6 is 0 Å². The van der Waals surface area contributed by atoms with Gasteiger partial charge in [-0.05, 0) is 47.7 Å². The maximum absolute atomic E-state index is 12.9. The van der Waals surface area contributed by atoms with Crippen molar-refractivity contribution in [1.82, 2.24) is 14.8 Å². The average molecular weight is 449 g/mol. The van der Waals surface area contributed by atoms with E-state index in [0.29, 0.717) is 32.1 Å². The van der Waals surface area contributed by atoms with Gasteiger partial charge in [-0.2, -0.15) is 0 Å². The van der Waals surface area contributed by atoms with Gasteiger partial charge >= 0.3 is 6.03 Å². The smallest absolute Gasteiger partial charge is 0.323 e. The summed E-state index contributed by atoms with van der Waals surface area (Å²) >= 11 is 0. The Labute approximate surface area is 193 Å². The molecule has 3 heterocycles. The van der Waals surface area contributed by atoms with Crippen LogP contribution in [0.3, 0.4) is 0 Å². The number of methoxy groups -OCH3 is 1. The summed E-state index contributed by atoms with van der Waals surface area (Å²) in [5.41, 5.74) is 1.23. The zero-order valence-electron chi connectivity index (χ0n) is 18.8. The van der Waals surface area contributed by atoms with E-state index in [0.717, 1.165) is 54.1 Å². The molecule has 8 nitrogen and oxygen atoms in total. The summed E-state index contributed by atoms with van der Waals surface area (Å²) in [6, 6.07) is 13.7. The third-order valence-corrected chi connectivity index (χ3v) is 6.18. The molecule has 0 unspecified atom stereocenters. The molecule has 5 rings (SSSR count). The van der Waals surface area contributed by atoms with Crippen LogP contribution in [-0.2, 0) is 6.42 Å². The van der Waals surface area contributed by atoms with E-state index in [9.17, 15) is 4.79 Å². The Morgan fingerprint density at radius 1 is 1.03 bits per heavy atom. The summed E-state index contributed by atoms with van der Waals surface area (Å²) in [5, 5.41) is 4.85. The number of rotatable bonds is 5. The monoisotopic (exact) mass is 448 g/mol. The summed E-state index contributed by atoms with van der Waals surface area (Å²) in [7, 11) is 1.63. The third kappa shape index (κ3) is 4.80. The highest BCUT2D eigenvalue weighted by molar-refractivity contribution is 6.00. The molecule has 1 fully saturated rings. The van der Waals surface area contributed by atoms with Crippen LogP contribution in [0.15, 0.2) is 48.7 Å². The molecule has 0 aliphatic carbocycles. The fourth-order valence-electron chi connectivity index (χ4n) is 4.26. The first-order valence-electron chi connectivity index (χ1n) is 11.3. The van der Waals surface area contributed by atoms with Crippen LogP contribution in [0.5, 0.6) is 17.2 Å². The molecule has 0 spiro atoms. The molecule has 1 N–H and O–H groups in total. The Morgan fingerprint density at radius 3 is 2.67 bits per heavy atom. The first kappa shape index (κ1) is 21.3. The van der Waals surface area contributed by atoms with Gasteiger partial charge in [0.05, 0.1) is 7.11 Å². The maximum atomic E-state index is 12.9. The van der Waals surface area contributed by atoms with Crippen molar-refractivity contribution in [1.29, 1.82) is 0 Å². The van der Waals surface area contributed by atoms with Gasteiger partial charge in [-0.25, -0.2) is 9.78 Å². The van der Waals surface area contributed by atoms with Gasteiger partial charge in [0.25, 0.3) is 0 Å². The molecular formula is C25H28N4O4. The normalized spacial score (nSPS) is 16.0. The molecule has 0 saturated carbocycles. The van der Waals surface area contributed by atoms with Gasteiger partial charge in [-0.15, -0.1) is 0 Å². The van der Waals surface area contributed by atoms with E-state index in [1.807, 2.05) is 35.2 Å². The minimum absolute atomic E-state index is 0.121. The van der Waals surface area contributed by atoms with Gasteiger partial charge in [-0.3, -0.25) is 10.2 Å². The van der Waals surface area contributed by atoms with Crippen molar-refractivity contribution in [3.63, 3.8) is 0 Å². The van der Waals surface area contributed by atoms with Crippen molar-refractivity contribution in [3.05, 3.63) is 54.2 Å². The SMILES string of the molecule is COc1ccc2ccnc(NC(=O)N3CCN(CCc4ccc5c(c4)OCCO5)CC3)c2c1. The summed E-state index contributed by atoms with van der Waals surface area (Å²) in [4.78, 5) is 21.5. The minimum atomic E-state index is -0.121. The number of hydrogen-bond donors (Lipinski definition) is 1. The number of carbonyl (C=O) groups is 1. The summed E-state index contributed by atoms with van der Waals surface area (Å²) in [5.74, 6) is 2.94. The quantitative estimate of drug-likeness (QED) is 0.645. The zero-order valence-corrected chi connectivity index (χ0v) is 18.8. The van der Waals surface area contributed by atoms with Crippen LogP contribution < -0.4 is 19.5 Å². The van der Waals surface area contributed by atoms with Gasteiger partial charge in [0, 0.05) is 44.3 Å². The number of nitrogens with one attached hydrogen (secondary N) is 1. The number of fused-ring (bicyclic) bond motifs is 2. The maximum Gasteiger partial charge on any atom is 0.323 e. The lowest BCUT2D eigenvalue weighted by molar-refractivity contribution is 0.148. The number of benzene rings is 2. The molecule has 3 aromatic rings. The second-order valence-corrected chi connectivity index (χ2v) is 8.23. The Bertz CT molecular complexity index is 1140. The van der Waals surface area contributed by atoms with E-state index in [2.05, 4.69) is 27.3 Å². The van der Waals surface area contributed by atoms with Gasteiger partial charge < -0.3 is 19.1 Å². The van der Waals surface area contributed by atoms with Crippen LogP contribution in [0.25, 0.3) is 10.8 Å². The second-order valence-electron chi connectivity index (χ2n) is 8.23. The van der Waals surface area contributed by atoms with Gasteiger partial charge in [0.2, 0.25) is 0 Å². The number of anilines is 1. The first-order chi connectivity index (χ1) is 16.2. The van der Waals surface area contributed by atoms with Crippen molar-refractivity contribution < 1.29 is 19.0 Å². The Morgan fingerprint density at radius 2 is 1.85 bits per heavy atom. The van der Waals surface area contributed by atoms with Gasteiger partial charge in [-0.1, -0.05) is 12.1 Å². The molecule has 1 saturated heterocycles. The fraction of sp³-hybridized carbons (Fsp3) is 0.360. The highest BCUT2D eigenvalue weighted by Gasteiger charge is 2.22. The number of carbonyl (C=O) groups excluding carboxylic acids is 1. The van der Waals surface area contributed by atoms with Crippen LogP contribution in [0.2, 0.25) is 0 Å². The summed E-state index contributed by atoms with van der Waals surface area (Å²) in [6.45, 7) is 5.20. The molecule has 2 amide bonds. The number of piperazine rings is 1. The van der Waals surface area contributed by atoms with Crippen molar-refractivity contribution in [2.24, 2.45) is 0 Å².